The number of nitrogens with one attached hydrogen (secondary N) is 2. The van der Waals surface area contributed by atoms with Crippen LogP contribution in [-0.2, 0) is 0 Å². The summed E-state index contributed by atoms with van der Waals surface area (Å²) in [6, 6.07) is 6.48. The van der Waals surface area contributed by atoms with Crippen molar-refractivity contribution in [2.75, 3.05) is 5.32 Å². The molecule has 0 aliphatic carbocycles. The third-order valence-corrected chi connectivity index (χ3v) is 2.68. The molecule has 2 aromatic rings. The van der Waals surface area contributed by atoms with Gasteiger partial charge in [0.25, 0.3) is 0 Å². The summed E-state index contributed by atoms with van der Waals surface area (Å²) in [6.07, 6.45) is 1.29. The normalized spacial score (nSPS) is 10.6. The first-order valence-corrected chi connectivity index (χ1v) is 6.64. The lowest BCUT2D eigenvalue weighted by atomic mass is 10.2. The Bertz CT molecular complexity index is 721. The number of hydrogen-bond acceptors (Lipinski definition) is 6. The first-order chi connectivity index (χ1) is 10.4. The van der Waals surface area contributed by atoms with E-state index in [-0.39, 0.29) is 16.8 Å². The second-order valence-corrected chi connectivity index (χ2v) is 4.84. The van der Waals surface area contributed by atoms with E-state index in [9.17, 15) is 10.1 Å². The Kier molecular flexibility index (Phi) is 4.79. The highest BCUT2D eigenvalue weighted by molar-refractivity contribution is 7.80. The van der Waals surface area contributed by atoms with Crippen molar-refractivity contribution in [1.29, 1.82) is 0 Å². The van der Waals surface area contributed by atoms with E-state index in [2.05, 4.69) is 20.8 Å². The van der Waals surface area contributed by atoms with Crippen LogP contribution in [0.25, 0.3) is 0 Å². The molecule has 0 aliphatic rings. The number of anilines is 1. The number of hydrazone groups is 1. The van der Waals surface area contributed by atoms with Crippen LogP contribution in [0, 0.1) is 24.0 Å². The summed E-state index contributed by atoms with van der Waals surface area (Å²) in [5.74, 6) is 0.506. The Morgan fingerprint density at radius 1 is 1.45 bits per heavy atom. The molecule has 9 heteroatoms. The number of pyridine rings is 1. The molecule has 0 saturated heterocycles. The van der Waals surface area contributed by atoms with Crippen LogP contribution in [0.1, 0.15) is 17.0 Å². The molecule has 0 aromatic carbocycles. The zero-order chi connectivity index (χ0) is 16.1. The second-order valence-electron chi connectivity index (χ2n) is 4.43. The Morgan fingerprint density at radius 2 is 2.23 bits per heavy atom. The van der Waals surface area contributed by atoms with Gasteiger partial charge in [-0.2, -0.15) is 5.10 Å². The molecular formula is C13H13N5O3S. The molecule has 2 aromatic heterocycles. The first kappa shape index (κ1) is 15.6. The van der Waals surface area contributed by atoms with Gasteiger partial charge in [-0.05, 0) is 49.8 Å². The summed E-state index contributed by atoms with van der Waals surface area (Å²) in [5, 5.41) is 17.4. The monoisotopic (exact) mass is 319 g/mol. The molecule has 22 heavy (non-hydrogen) atoms. The number of furan rings is 1. The number of hydrogen-bond donors (Lipinski definition) is 2. The molecule has 2 rings (SSSR count). The number of nitro groups is 1. The highest BCUT2D eigenvalue weighted by Crippen LogP contribution is 2.13. The Labute approximate surface area is 131 Å². The number of rotatable bonds is 4. The van der Waals surface area contributed by atoms with Crippen molar-refractivity contribution in [3.8, 4) is 0 Å². The van der Waals surface area contributed by atoms with Crippen LogP contribution in [0.5, 0.6) is 0 Å². The summed E-state index contributed by atoms with van der Waals surface area (Å²) in [5.41, 5.74) is 4.51. The Balaban J connectivity index is 1.91. The summed E-state index contributed by atoms with van der Waals surface area (Å²) in [4.78, 5) is 14.1. The molecule has 114 valence electrons. The predicted molar refractivity (Wildman–Crippen MR) is 86.0 cm³/mol. The van der Waals surface area contributed by atoms with E-state index in [0.29, 0.717) is 5.82 Å². The lowest BCUT2D eigenvalue weighted by Gasteiger charge is -2.07. The van der Waals surface area contributed by atoms with Crippen LogP contribution in [-0.4, -0.2) is 21.2 Å². The molecule has 0 bridgehead atoms. The van der Waals surface area contributed by atoms with Crippen LogP contribution in [0.4, 0.5) is 11.7 Å². The van der Waals surface area contributed by atoms with E-state index in [1.54, 1.807) is 0 Å². The maximum absolute atomic E-state index is 10.5. The van der Waals surface area contributed by atoms with Gasteiger partial charge >= 0.3 is 5.88 Å². The van der Waals surface area contributed by atoms with E-state index < -0.39 is 4.92 Å². The van der Waals surface area contributed by atoms with Gasteiger partial charge in [-0.1, -0.05) is 0 Å². The smallest absolute Gasteiger partial charge is 0.400 e. The van der Waals surface area contributed by atoms with Crippen LogP contribution in [0.2, 0.25) is 0 Å². The molecule has 0 fully saturated rings. The SMILES string of the molecule is Cc1cc(C)nc(NC(=S)N/N=C/c2ccc([N+](=O)[O-])o2)c1. The minimum Gasteiger partial charge on any atom is -0.400 e. The van der Waals surface area contributed by atoms with E-state index in [4.69, 9.17) is 16.6 Å². The highest BCUT2D eigenvalue weighted by Gasteiger charge is 2.10. The number of aryl methyl sites for hydroxylation is 2. The zero-order valence-corrected chi connectivity index (χ0v) is 12.7. The van der Waals surface area contributed by atoms with Gasteiger partial charge in [-0.25, -0.2) is 4.98 Å². The molecule has 0 spiro atoms. The fraction of sp³-hybridized carbons (Fsp3) is 0.154. The molecule has 0 atom stereocenters. The molecule has 2 N–H and O–H groups in total. The summed E-state index contributed by atoms with van der Waals surface area (Å²) in [6.45, 7) is 3.84. The van der Waals surface area contributed by atoms with Crippen LogP contribution in [0.15, 0.2) is 33.8 Å². The first-order valence-electron chi connectivity index (χ1n) is 6.23. The number of aromatic nitrogens is 1. The summed E-state index contributed by atoms with van der Waals surface area (Å²) >= 11 is 5.07. The van der Waals surface area contributed by atoms with Crippen LogP contribution >= 0.6 is 12.2 Å². The van der Waals surface area contributed by atoms with Crippen molar-refractivity contribution in [1.82, 2.24) is 10.4 Å². The second kappa shape index (κ2) is 6.76. The van der Waals surface area contributed by atoms with Crippen molar-refractivity contribution in [3.63, 3.8) is 0 Å². The number of thiocarbonyl (C=S) groups is 1. The fourth-order valence-corrected chi connectivity index (χ4v) is 1.87. The van der Waals surface area contributed by atoms with Crippen molar-refractivity contribution in [3.05, 3.63) is 51.4 Å². The van der Waals surface area contributed by atoms with E-state index >= 15 is 0 Å². The van der Waals surface area contributed by atoms with Crippen molar-refractivity contribution < 1.29 is 9.34 Å². The topological polar surface area (TPSA) is 106 Å². The van der Waals surface area contributed by atoms with Gasteiger partial charge in [0, 0.05) is 5.69 Å². The maximum Gasteiger partial charge on any atom is 0.433 e. The van der Waals surface area contributed by atoms with Crippen molar-refractivity contribution in [2.45, 2.75) is 13.8 Å². The van der Waals surface area contributed by atoms with Crippen LogP contribution in [0.3, 0.4) is 0 Å². The van der Waals surface area contributed by atoms with Gasteiger partial charge in [-0.15, -0.1) is 0 Å². The lowest BCUT2D eigenvalue weighted by Crippen LogP contribution is -2.24. The summed E-state index contributed by atoms with van der Waals surface area (Å²) in [7, 11) is 0. The van der Waals surface area contributed by atoms with Gasteiger partial charge in [0.1, 0.15) is 10.7 Å². The highest BCUT2D eigenvalue weighted by atomic mass is 32.1. The third kappa shape index (κ3) is 4.35. The molecule has 0 saturated carbocycles. The van der Waals surface area contributed by atoms with Crippen molar-refractivity contribution >= 4 is 35.2 Å². The zero-order valence-electron chi connectivity index (χ0n) is 11.9. The Morgan fingerprint density at radius 3 is 2.86 bits per heavy atom. The van der Waals surface area contributed by atoms with Gasteiger partial charge in [0.2, 0.25) is 0 Å². The van der Waals surface area contributed by atoms with E-state index in [1.807, 2.05) is 26.0 Å². The van der Waals surface area contributed by atoms with Crippen LogP contribution < -0.4 is 10.7 Å². The molecule has 2 heterocycles. The summed E-state index contributed by atoms with van der Waals surface area (Å²) < 4.78 is 4.91. The molecule has 0 unspecified atom stereocenters. The average Bonchev–Trinajstić information content (AvgIpc) is 2.86. The standard InChI is InChI=1S/C13H13N5O3S/c1-8-5-9(2)15-11(6-8)16-13(22)17-14-7-10-3-4-12(21-10)18(19)20/h3-7H,1-2H3,(H2,15,16,17,22)/b14-7+. The largest absolute Gasteiger partial charge is 0.433 e. The predicted octanol–water partition coefficient (Wildman–Crippen LogP) is 2.52. The number of nitrogens with zero attached hydrogens (tertiary/aromatic N) is 3. The Hall–Kier alpha value is -2.81. The maximum atomic E-state index is 10.5. The minimum absolute atomic E-state index is 0.242. The third-order valence-electron chi connectivity index (χ3n) is 2.49. The minimum atomic E-state index is -0.622. The quantitative estimate of drug-likeness (QED) is 0.386. The van der Waals surface area contributed by atoms with Gasteiger partial charge in [0.05, 0.1) is 12.3 Å². The molecular weight excluding hydrogens is 306 g/mol. The lowest BCUT2D eigenvalue weighted by molar-refractivity contribution is -0.402. The van der Waals surface area contributed by atoms with Gasteiger partial charge in [-0.3, -0.25) is 15.5 Å². The molecule has 0 amide bonds. The molecule has 0 radical (unpaired) electrons. The average molecular weight is 319 g/mol. The molecule has 0 aliphatic heterocycles. The molecule has 8 nitrogen and oxygen atoms in total. The van der Waals surface area contributed by atoms with E-state index in [1.165, 1.54) is 18.3 Å². The van der Waals surface area contributed by atoms with Gasteiger partial charge in [0.15, 0.2) is 10.9 Å². The van der Waals surface area contributed by atoms with Gasteiger partial charge < -0.3 is 9.73 Å². The fourth-order valence-electron chi connectivity index (χ4n) is 1.71. The van der Waals surface area contributed by atoms with E-state index in [0.717, 1.165) is 11.3 Å². The van der Waals surface area contributed by atoms with Crippen molar-refractivity contribution in [2.24, 2.45) is 5.10 Å².